The summed E-state index contributed by atoms with van der Waals surface area (Å²) in [5.74, 6) is 3.42. The normalized spacial score (nSPS) is 27.5. The molecule has 0 aromatic rings. The van der Waals surface area contributed by atoms with Gasteiger partial charge < -0.3 is 5.11 Å². The Morgan fingerprint density at radius 3 is 1.91 bits per heavy atom. The zero-order chi connectivity index (χ0) is 7.84. The lowest BCUT2D eigenvalue weighted by molar-refractivity contribution is 0.161. The van der Waals surface area contributed by atoms with Crippen molar-refractivity contribution in [1.29, 1.82) is 0 Å². The third-order valence-corrected chi connectivity index (χ3v) is 3.28. The molecule has 64 valence electrons. The average Bonchev–Trinajstić information content (AvgIpc) is 2.81. The molecule has 2 fully saturated rings. The number of aliphatic hydroxyl groups excluding tert-OH is 1. The van der Waals surface area contributed by atoms with E-state index in [9.17, 15) is 0 Å². The second-order valence-corrected chi connectivity index (χ2v) is 4.41. The Balaban J connectivity index is 1.90. The maximum Gasteiger partial charge on any atom is 0.0459 e. The van der Waals surface area contributed by atoms with Crippen molar-refractivity contribution in [3.8, 4) is 0 Å². The molecule has 0 aliphatic heterocycles. The van der Waals surface area contributed by atoms with Crippen LogP contribution in [0.5, 0.6) is 0 Å². The van der Waals surface area contributed by atoms with Crippen LogP contribution in [-0.2, 0) is 0 Å². The first-order valence-corrected chi connectivity index (χ1v) is 4.93. The Bertz CT molecular complexity index is 124. The molecule has 0 radical (unpaired) electrons. The van der Waals surface area contributed by atoms with E-state index in [2.05, 4.69) is 6.92 Å². The van der Waals surface area contributed by atoms with Gasteiger partial charge in [-0.3, -0.25) is 0 Å². The topological polar surface area (TPSA) is 20.2 Å². The van der Waals surface area contributed by atoms with Crippen LogP contribution in [0.15, 0.2) is 0 Å². The summed E-state index contributed by atoms with van der Waals surface area (Å²) in [6.45, 7) is 2.61. The monoisotopic (exact) mass is 154 g/mol. The lowest BCUT2D eigenvalue weighted by atomic mass is 9.86. The highest BCUT2D eigenvalue weighted by Gasteiger charge is 2.43. The van der Waals surface area contributed by atoms with Crippen molar-refractivity contribution < 1.29 is 5.11 Å². The zero-order valence-corrected chi connectivity index (χ0v) is 7.29. The summed E-state index contributed by atoms with van der Waals surface area (Å²) in [5.41, 5.74) is 0. The smallest absolute Gasteiger partial charge is 0.0459 e. The van der Waals surface area contributed by atoms with Gasteiger partial charge in [-0.15, -0.1) is 0 Å². The minimum Gasteiger partial charge on any atom is -0.396 e. The first kappa shape index (κ1) is 7.60. The molecule has 1 atom stereocenters. The molecule has 0 bridgehead atoms. The number of hydrogen-bond acceptors (Lipinski definition) is 1. The van der Waals surface area contributed by atoms with Gasteiger partial charge in [0.05, 0.1) is 0 Å². The molecule has 1 nitrogen and oxygen atoms in total. The second kappa shape index (κ2) is 2.78. The Morgan fingerprint density at radius 1 is 1.18 bits per heavy atom. The van der Waals surface area contributed by atoms with Crippen molar-refractivity contribution in [3.63, 3.8) is 0 Å². The third kappa shape index (κ3) is 1.58. The van der Waals surface area contributed by atoms with Crippen LogP contribution in [0.1, 0.15) is 32.6 Å². The molecule has 0 aromatic heterocycles. The standard InChI is InChI=1S/C10H18O/c1-7(6-11)10(8-2-3-8)9-4-5-9/h7-11H,2-6H2,1H3/t7-/m1/s1. The molecular weight excluding hydrogens is 136 g/mol. The third-order valence-electron chi connectivity index (χ3n) is 3.28. The second-order valence-electron chi connectivity index (χ2n) is 4.41. The van der Waals surface area contributed by atoms with Crippen LogP contribution < -0.4 is 0 Å². The maximum atomic E-state index is 9.06. The van der Waals surface area contributed by atoms with Gasteiger partial charge in [-0.2, -0.15) is 0 Å². The SMILES string of the molecule is C[C@H](CO)C(C1CC1)C1CC1. The van der Waals surface area contributed by atoms with E-state index < -0.39 is 0 Å². The van der Waals surface area contributed by atoms with Gasteiger partial charge in [0.15, 0.2) is 0 Å². The van der Waals surface area contributed by atoms with Crippen LogP contribution in [0.3, 0.4) is 0 Å². The number of aliphatic hydroxyl groups is 1. The van der Waals surface area contributed by atoms with E-state index in [1.54, 1.807) is 0 Å². The predicted octanol–water partition coefficient (Wildman–Crippen LogP) is 2.05. The molecule has 11 heavy (non-hydrogen) atoms. The first-order valence-electron chi connectivity index (χ1n) is 4.93. The van der Waals surface area contributed by atoms with Gasteiger partial charge >= 0.3 is 0 Å². The molecular formula is C10H18O. The Labute approximate surface area is 68.8 Å². The minimum atomic E-state index is 0.400. The van der Waals surface area contributed by atoms with E-state index in [1.165, 1.54) is 25.7 Å². The summed E-state index contributed by atoms with van der Waals surface area (Å²) >= 11 is 0. The van der Waals surface area contributed by atoms with Gasteiger partial charge in [0.1, 0.15) is 0 Å². The van der Waals surface area contributed by atoms with Crippen LogP contribution in [0.4, 0.5) is 0 Å². The maximum absolute atomic E-state index is 9.06. The van der Waals surface area contributed by atoms with Gasteiger partial charge in [0.25, 0.3) is 0 Å². The van der Waals surface area contributed by atoms with E-state index in [4.69, 9.17) is 5.11 Å². The van der Waals surface area contributed by atoms with Crippen LogP contribution >= 0.6 is 0 Å². The molecule has 2 rings (SSSR count). The largest absolute Gasteiger partial charge is 0.396 e. The molecule has 2 aliphatic rings. The molecule has 0 amide bonds. The van der Waals surface area contributed by atoms with Gasteiger partial charge in [0, 0.05) is 6.61 Å². The van der Waals surface area contributed by atoms with Gasteiger partial charge in [-0.1, -0.05) is 6.92 Å². The van der Waals surface area contributed by atoms with E-state index in [0.717, 1.165) is 17.8 Å². The lowest BCUT2D eigenvalue weighted by Gasteiger charge is -2.21. The number of rotatable bonds is 4. The van der Waals surface area contributed by atoms with Gasteiger partial charge in [-0.25, -0.2) is 0 Å². The van der Waals surface area contributed by atoms with E-state index in [-0.39, 0.29) is 0 Å². The molecule has 1 N–H and O–H groups in total. The molecule has 2 aliphatic carbocycles. The summed E-state index contributed by atoms with van der Waals surface area (Å²) in [5, 5.41) is 9.06. The fraction of sp³-hybridized carbons (Fsp3) is 1.00. The fourth-order valence-electron chi connectivity index (χ4n) is 2.40. The Morgan fingerprint density at radius 2 is 1.64 bits per heavy atom. The summed E-state index contributed by atoms with van der Waals surface area (Å²) in [4.78, 5) is 0. The first-order chi connectivity index (χ1) is 5.33. The fourth-order valence-corrected chi connectivity index (χ4v) is 2.40. The van der Waals surface area contributed by atoms with E-state index in [0.29, 0.717) is 12.5 Å². The van der Waals surface area contributed by atoms with E-state index >= 15 is 0 Å². The summed E-state index contributed by atoms with van der Waals surface area (Å²) in [6.07, 6.45) is 5.74. The predicted molar refractivity (Wildman–Crippen MR) is 45.2 cm³/mol. The van der Waals surface area contributed by atoms with E-state index in [1.807, 2.05) is 0 Å². The van der Waals surface area contributed by atoms with Crippen LogP contribution in [0, 0.1) is 23.7 Å². The lowest BCUT2D eigenvalue weighted by Crippen LogP contribution is -2.19. The van der Waals surface area contributed by atoms with Crippen LogP contribution in [-0.4, -0.2) is 11.7 Å². The minimum absolute atomic E-state index is 0.400. The van der Waals surface area contributed by atoms with Crippen LogP contribution in [0.2, 0.25) is 0 Å². The summed E-state index contributed by atoms with van der Waals surface area (Å²) in [6, 6.07) is 0. The zero-order valence-electron chi connectivity index (χ0n) is 7.29. The molecule has 0 unspecified atom stereocenters. The Hall–Kier alpha value is -0.0400. The van der Waals surface area contributed by atoms with Crippen molar-refractivity contribution in [3.05, 3.63) is 0 Å². The highest BCUT2D eigenvalue weighted by Crippen LogP contribution is 2.52. The average molecular weight is 154 g/mol. The van der Waals surface area contributed by atoms with Crippen molar-refractivity contribution in [2.75, 3.05) is 6.61 Å². The molecule has 1 heteroatoms. The molecule has 0 spiro atoms. The molecule has 2 saturated carbocycles. The highest BCUT2D eigenvalue weighted by atomic mass is 16.3. The van der Waals surface area contributed by atoms with Crippen molar-refractivity contribution >= 4 is 0 Å². The number of hydrogen-bond donors (Lipinski definition) is 1. The van der Waals surface area contributed by atoms with Gasteiger partial charge in [0.2, 0.25) is 0 Å². The Kier molecular flexibility index (Phi) is 1.92. The molecule has 0 saturated heterocycles. The summed E-state index contributed by atoms with van der Waals surface area (Å²) < 4.78 is 0. The summed E-state index contributed by atoms with van der Waals surface area (Å²) in [7, 11) is 0. The van der Waals surface area contributed by atoms with Crippen molar-refractivity contribution in [2.24, 2.45) is 23.7 Å². The highest BCUT2D eigenvalue weighted by molar-refractivity contribution is 4.93. The van der Waals surface area contributed by atoms with Crippen molar-refractivity contribution in [2.45, 2.75) is 32.6 Å². The molecule has 0 heterocycles. The quantitative estimate of drug-likeness (QED) is 0.657. The van der Waals surface area contributed by atoms with Crippen molar-refractivity contribution in [1.82, 2.24) is 0 Å². The van der Waals surface area contributed by atoms with Gasteiger partial charge in [-0.05, 0) is 49.4 Å². The molecule has 0 aromatic carbocycles. The van der Waals surface area contributed by atoms with Crippen LogP contribution in [0.25, 0.3) is 0 Å².